The highest BCUT2D eigenvalue weighted by Crippen LogP contribution is 2.31. The molecule has 1 heterocycles. The van der Waals surface area contributed by atoms with Gasteiger partial charge in [0.1, 0.15) is 5.82 Å². The highest BCUT2D eigenvalue weighted by atomic mass is 32.2. The Balaban J connectivity index is 1.73. The van der Waals surface area contributed by atoms with Crippen LogP contribution in [0.25, 0.3) is 0 Å². The molecule has 0 unspecified atom stereocenters. The lowest BCUT2D eigenvalue weighted by Crippen LogP contribution is -2.15. The summed E-state index contributed by atoms with van der Waals surface area (Å²) in [4.78, 5) is 5.68. The van der Waals surface area contributed by atoms with Crippen molar-refractivity contribution in [2.45, 2.75) is 41.6 Å². The van der Waals surface area contributed by atoms with Crippen LogP contribution in [-0.2, 0) is 6.54 Å². The third kappa shape index (κ3) is 3.10. The lowest BCUT2D eigenvalue weighted by molar-refractivity contribution is 0.680. The zero-order chi connectivity index (χ0) is 12.4. The predicted molar refractivity (Wildman–Crippen MR) is 75.1 cm³/mol. The molecule has 0 bridgehead atoms. The molecule has 5 heteroatoms. The van der Waals surface area contributed by atoms with E-state index in [4.69, 9.17) is 0 Å². The van der Waals surface area contributed by atoms with Crippen LogP contribution in [0.5, 0.6) is 0 Å². The summed E-state index contributed by atoms with van der Waals surface area (Å²) in [5.41, 5.74) is 1.35. The second kappa shape index (κ2) is 5.38. The summed E-state index contributed by atoms with van der Waals surface area (Å²) in [6.45, 7) is 2.88. The van der Waals surface area contributed by atoms with Crippen LogP contribution in [0, 0.1) is 6.92 Å². The first-order chi connectivity index (χ1) is 8.81. The van der Waals surface area contributed by atoms with Crippen LogP contribution in [-0.4, -0.2) is 15.4 Å². The number of benzene rings is 1. The lowest BCUT2D eigenvalue weighted by Gasteiger charge is -2.08. The summed E-state index contributed by atoms with van der Waals surface area (Å²) in [6.07, 6.45) is 2.65. The molecule has 1 aliphatic rings. The molecule has 0 atom stereocenters. The van der Waals surface area contributed by atoms with Gasteiger partial charge in [-0.1, -0.05) is 30.0 Å². The monoisotopic (exact) mass is 277 g/mol. The van der Waals surface area contributed by atoms with Crippen molar-refractivity contribution < 1.29 is 0 Å². The summed E-state index contributed by atoms with van der Waals surface area (Å²) >= 11 is 3.18. The highest BCUT2D eigenvalue weighted by molar-refractivity contribution is 8.01. The van der Waals surface area contributed by atoms with E-state index in [1.165, 1.54) is 34.8 Å². The van der Waals surface area contributed by atoms with E-state index in [0.717, 1.165) is 22.8 Å². The van der Waals surface area contributed by atoms with Crippen LogP contribution in [0.1, 0.15) is 24.2 Å². The lowest BCUT2D eigenvalue weighted by atomic mass is 10.2. The van der Waals surface area contributed by atoms with Crippen molar-refractivity contribution in [2.24, 2.45) is 0 Å². The van der Waals surface area contributed by atoms with E-state index in [0.29, 0.717) is 0 Å². The summed E-state index contributed by atoms with van der Waals surface area (Å²) in [5.74, 6) is 0.857. The van der Waals surface area contributed by atoms with Gasteiger partial charge in [-0.25, -0.2) is 4.98 Å². The maximum absolute atomic E-state index is 4.40. The van der Waals surface area contributed by atoms with Crippen molar-refractivity contribution in [2.75, 3.05) is 0 Å². The fraction of sp³-hybridized carbons (Fsp3) is 0.385. The van der Waals surface area contributed by atoms with Crippen molar-refractivity contribution in [3.05, 3.63) is 35.7 Å². The SMILES string of the molecule is Cc1nsc(Sc2ccccc2CNC2CC2)n1. The third-order valence-electron chi connectivity index (χ3n) is 2.84. The Hall–Kier alpha value is -0.910. The van der Waals surface area contributed by atoms with Crippen molar-refractivity contribution >= 4 is 23.3 Å². The molecule has 18 heavy (non-hydrogen) atoms. The molecule has 0 saturated heterocycles. The minimum atomic E-state index is 0.742. The zero-order valence-electron chi connectivity index (χ0n) is 10.2. The van der Waals surface area contributed by atoms with Crippen molar-refractivity contribution in [1.29, 1.82) is 0 Å². The minimum Gasteiger partial charge on any atom is -0.310 e. The summed E-state index contributed by atoms with van der Waals surface area (Å²) < 4.78 is 5.24. The van der Waals surface area contributed by atoms with E-state index in [1.807, 2.05) is 6.92 Å². The van der Waals surface area contributed by atoms with Crippen LogP contribution < -0.4 is 5.32 Å². The molecule has 0 spiro atoms. The Morgan fingerprint density at radius 1 is 1.39 bits per heavy atom. The average molecular weight is 277 g/mol. The zero-order valence-corrected chi connectivity index (χ0v) is 11.9. The summed E-state index contributed by atoms with van der Waals surface area (Å²) in [6, 6.07) is 9.26. The molecule has 1 aromatic heterocycles. The average Bonchev–Trinajstić information content (AvgIpc) is 3.12. The molecule has 3 rings (SSSR count). The second-order valence-electron chi connectivity index (χ2n) is 4.47. The number of nitrogens with one attached hydrogen (secondary N) is 1. The number of aryl methyl sites for hydroxylation is 1. The van der Waals surface area contributed by atoms with Crippen LogP contribution >= 0.6 is 23.3 Å². The van der Waals surface area contributed by atoms with Crippen molar-refractivity contribution in [1.82, 2.24) is 14.7 Å². The highest BCUT2D eigenvalue weighted by Gasteiger charge is 2.20. The maximum Gasteiger partial charge on any atom is 0.174 e. The largest absolute Gasteiger partial charge is 0.310 e. The van der Waals surface area contributed by atoms with Gasteiger partial charge in [-0.15, -0.1) is 0 Å². The molecular formula is C13H15N3S2. The topological polar surface area (TPSA) is 37.8 Å². The predicted octanol–water partition coefficient (Wildman–Crippen LogP) is 3.25. The summed E-state index contributed by atoms with van der Waals surface area (Å²) in [5, 5.41) is 3.56. The molecule has 1 aromatic carbocycles. The van der Waals surface area contributed by atoms with Crippen LogP contribution in [0.3, 0.4) is 0 Å². The molecule has 1 aliphatic carbocycles. The number of nitrogens with zero attached hydrogens (tertiary/aromatic N) is 2. The van der Waals surface area contributed by atoms with E-state index in [9.17, 15) is 0 Å². The van der Waals surface area contributed by atoms with Gasteiger partial charge in [0.2, 0.25) is 0 Å². The molecule has 94 valence electrons. The molecule has 1 saturated carbocycles. The maximum atomic E-state index is 4.40. The fourth-order valence-electron chi connectivity index (χ4n) is 1.70. The molecule has 3 nitrogen and oxygen atoms in total. The van der Waals surface area contributed by atoms with E-state index in [-0.39, 0.29) is 0 Å². The number of hydrogen-bond acceptors (Lipinski definition) is 5. The molecule has 1 N–H and O–H groups in total. The van der Waals surface area contributed by atoms with Gasteiger partial charge in [0.05, 0.1) is 0 Å². The first kappa shape index (κ1) is 12.1. The number of aromatic nitrogens is 2. The van der Waals surface area contributed by atoms with E-state index >= 15 is 0 Å². The molecular weight excluding hydrogens is 262 g/mol. The first-order valence-electron chi connectivity index (χ1n) is 6.11. The fourth-order valence-corrected chi connectivity index (χ4v) is 3.44. The Labute approximate surface area is 115 Å². The van der Waals surface area contributed by atoms with Crippen LogP contribution in [0.15, 0.2) is 33.5 Å². The molecule has 0 amide bonds. The Bertz CT molecular complexity index is 535. The van der Waals surface area contributed by atoms with Crippen LogP contribution in [0.4, 0.5) is 0 Å². The Morgan fingerprint density at radius 2 is 2.22 bits per heavy atom. The van der Waals surface area contributed by atoms with E-state index < -0.39 is 0 Å². The minimum absolute atomic E-state index is 0.742. The van der Waals surface area contributed by atoms with Crippen molar-refractivity contribution in [3.8, 4) is 0 Å². The van der Waals surface area contributed by atoms with Crippen LogP contribution in [0.2, 0.25) is 0 Å². The van der Waals surface area contributed by atoms with Gasteiger partial charge in [0.15, 0.2) is 4.34 Å². The van der Waals surface area contributed by atoms with E-state index in [1.54, 1.807) is 11.8 Å². The summed E-state index contributed by atoms with van der Waals surface area (Å²) in [7, 11) is 0. The van der Waals surface area contributed by atoms with E-state index in [2.05, 4.69) is 38.9 Å². The Kier molecular flexibility index (Phi) is 3.63. The number of rotatable bonds is 5. The van der Waals surface area contributed by atoms with Gasteiger partial charge in [-0.2, -0.15) is 4.37 Å². The quantitative estimate of drug-likeness (QED) is 0.910. The normalized spacial score (nSPS) is 14.9. The van der Waals surface area contributed by atoms with Crippen molar-refractivity contribution in [3.63, 3.8) is 0 Å². The van der Waals surface area contributed by atoms with Gasteiger partial charge in [-0.3, -0.25) is 0 Å². The molecule has 0 aliphatic heterocycles. The second-order valence-corrected chi connectivity index (χ2v) is 6.51. The van der Waals surface area contributed by atoms with Gasteiger partial charge in [0, 0.05) is 17.5 Å². The van der Waals surface area contributed by atoms with Gasteiger partial charge in [-0.05, 0) is 42.9 Å². The van der Waals surface area contributed by atoms with Gasteiger partial charge in [0.25, 0.3) is 0 Å². The smallest absolute Gasteiger partial charge is 0.174 e. The number of hydrogen-bond donors (Lipinski definition) is 1. The van der Waals surface area contributed by atoms with Gasteiger partial charge < -0.3 is 5.32 Å². The molecule has 2 aromatic rings. The Morgan fingerprint density at radius 3 is 2.94 bits per heavy atom. The van der Waals surface area contributed by atoms with Gasteiger partial charge >= 0.3 is 0 Å². The molecule has 0 radical (unpaired) electrons. The standard InChI is InChI=1S/C13H15N3S2/c1-9-15-13(18-16-9)17-12-5-3-2-4-10(12)8-14-11-6-7-11/h2-5,11,14H,6-8H2,1H3. The third-order valence-corrected chi connectivity index (χ3v) is 4.80. The first-order valence-corrected chi connectivity index (χ1v) is 7.70. The molecule has 1 fully saturated rings.